The molecule has 0 aromatic carbocycles. The van der Waals surface area contributed by atoms with Crippen molar-refractivity contribution < 1.29 is 18.8 Å². The molecule has 0 aliphatic carbocycles. The summed E-state index contributed by atoms with van der Waals surface area (Å²) in [5.74, 6) is 1.09. The van der Waals surface area contributed by atoms with Gasteiger partial charge in [-0.1, -0.05) is 19.0 Å². The number of nitrogens with zero attached hydrogens (tertiary/aromatic N) is 4. The van der Waals surface area contributed by atoms with Crippen molar-refractivity contribution in [2.24, 2.45) is 5.92 Å². The second-order valence-corrected chi connectivity index (χ2v) is 6.37. The Balaban J connectivity index is 2.13. The normalized spacial score (nSPS) is 18.8. The SMILES string of the molecule is CCN1CC(=O)N(Cc2nc(CCOC)no2)[C@@H](CC(C)C)C1=O. The van der Waals surface area contributed by atoms with E-state index in [0.29, 0.717) is 43.6 Å². The van der Waals surface area contributed by atoms with E-state index in [1.807, 2.05) is 20.8 Å². The molecule has 2 heterocycles. The Kier molecular flexibility index (Phi) is 6.30. The Morgan fingerprint density at radius 1 is 1.38 bits per heavy atom. The number of carbonyl (C=O) groups is 2. The molecule has 1 atom stereocenters. The first-order chi connectivity index (χ1) is 11.5. The lowest BCUT2D eigenvalue weighted by atomic mass is 9.99. The molecule has 0 spiro atoms. The molecule has 1 aromatic heterocycles. The predicted octanol–water partition coefficient (Wildman–Crippen LogP) is 0.864. The van der Waals surface area contributed by atoms with Crippen LogP contribution in [0.4, 0.5) is 0 Å². The third-order valence-electron chi connectivity index (χ3n) is 4.04. The quantitative estimate of drug-likeness (QED) is 0.698. The van der Waals surface area contributed by atoms with Crippen LogP contribution >= 0.6 is 0 Å². The second-order valence-electron chi connectivity index (χ2n) is 6.37. The number of methoxy groups -OCH3 is 1. The molecule has 0 radical (unpaired) electrons. The number of aromatic nitrogens is 2. The summed E-state index contributed by atoms with van der Waals surface area (Å²) in [6.07, 6.45) is 1.16. The molecule has 8 nitrogen and oxygen atoms in total. The number of piperazine rings is 1. The van der Waals surface area contributed by atoms with Gasteiger partial charge < -0.3 is 19.1 Å². The Bertz CT molecular complexity index is 572. The van der Waals surface area contributed by atoms with Crippen molar-refractivity contribution in [3.8, 4) is 0 Å². The molecule has 134 valence electrons. The van der Waals surface area contributed by atoms with Crippen LogP contribution in [0.2, 0.25) is 0 Å². The fourth-order valence-electron chi connectivity index (χ4n) is 2.79. The summed E-state index contributed by atoms with van der Waals surface area (Å²) < 4.78 is 10.2. The summed E-state index contributed by atoms with van der Waals surface area (Å²) in [6.45, 7) is 7.27. The first-order valence-electron chi connectivity index (χ1n) is 8.34. The lowest BCUT2D eigenvalue weighted by molar-refractivity contribution is -0.157. The van der Waals surface area contributed by atoms with Crippen LogP contribution in [-0.2, 0) is 27.3 Å². The van der Waals surface area contributed by atoms with Crippen molar-refractivity contribution in [2.75, 3.05) is 26.8 Å². The van der Waals surface area contributed by atoms with Gasteiger partial charge in [-0.3, -0.25) is 9.59 Å². The number of carbonyl (C=O) groups excluding carboxylic acids is 2. The molecule has 2 rings (SSSR count). The Labute approximate surface area is 142 Å². The van der Waals surface area contributed by atoms with Crippen molar-refractivity contribution >= 4 is 11.8 Å². The minimum absolute atomic E-state index is 0.00933. The lowest BCUT2D eigenvalue weighted by Crippen LogP contribution is -2.59. The van der Waals surface area contributed by atoms with Gasteiger partial charge in [-0.15, -0.1) is 0 Å². The zero-order valence-corrected chi connectivity index (χ0v) is 14.8. The molecule has 0 unspecified atom stereocenters. The Morgan fingerprint density at radius 2 is 2.12 bits per heavy atom. The van der Waals surface area contributed by atoms with Gasteiger partial charge in [-0.25, -0.2) is 0 Å². The topological polar surface area (TPSA) is 88.8 Å². The highest BCUT2D eigenvalue weighted by Gasteiger charge is 2.39. The Hall–Kier alpha value is -1.96. The summed E-state index contributed by atoms with van der Waals surface area (Å²) in [5, 5.41) is 3.88. The van der Waals surface area contributed by atoms with E-state index < -0.39 is 6.04 Å². The largest absolute Gasteiger partial charge is 0.384 e. The van der Waals surface area contributed by atoms with Crippen LogP contribution in [0.3, 0.4) is 0 Å². The average molecular weight is 338 g/mol. The van der Waals surface area contributed by atoms with Crippen LogP contribution in [0.1, 0.15) is 38.9 Å². The molecule has 1 aliphatic heterocycles. The summed E-state index contributed by atoms with van der Waals surface area (Å²) in [6, 6.07) is -0.472. The zero-order chi connectivity index (χ0) is 17.7. The van der Waals surface area contributed by atoms with Gasteiger partial charge in [-0.05, 0) is 19.3 Å². The van der Waals surface area contributed by atoms with Crippen molar-refractivity contribution in [3.63, 3.8) is 0 Å². The number of ether oxygens (including phenoxy) is 1. The minimum Gasteiger partial charge on any atom is -0.384 e. The molecular weight excluding hydrogens is 312 g/mol. The molecule has 1 aromatic rings. The van der Waals surface area contributed by atoms with Gasteiger partial charge in [0.15, 0.2) is 5.82 Å². The molecule has 0 N–H and O–H groups in total. The van der Waals surface area contributed by atoms with Gasteiger partial charge in [0, 0.05) is 20.1 Å². The van der Waals surface area contributed by atoms with Gasteiger partial charge in [0.25, 0.3) is 0 Å². The smallest absolute Gasteiger partial charge is 0.246 e. The van der Waals surface area contributed by atoms with E-state index in [4.69, 9.17) is 9.26 Å². The highest BCUT2D eigenvalue weighted by Crippen LogP contribution is 2.21. The maximum absolute atomic E-state index is 12.6. The standard InChI is InChI=1S/C16H26N4O4/c1-5-19-10-15(21)20(12(16(19)22)8-11(2)3)9-14-17-13(18-24-14)6-7-23-4/h11-12H,5-10H2,1-4H3/t12-/m0/s1. The maximum Gasteiger partial charge on any atom is 0.246 e. The third kappa shape index (κ3) is 4.31. The first-order valence-corrected chi connectivity index (χ1v) is 8.34. The fraction of sp³-hybridized carbons (Fsp3) is 0.750. The molecular formula is C16H26N4O4. The molecule has 0 bridgehead atoms. The number of rotatable bonds is 8. The Morgan fingerprint density at radius 3 is 2.75 bits per heavy atom. The number of hydrogen-bond donors (Lipinski definition) is 0. The average Bonchev–Trinajstić information content (AvgIpc) is 2.99. The van der Waals surface area contributed by atoms with Gasteiger partial charge in [0.2, 0.25) is 17.7 Å². The van der Waals surface area contributed by atoms with E-state index in [9.17, 15) is 9.59 Å². The van der Waals surface area contributed by atoms with E-state index in [1.165, 1.54) is 0 Å². The monoisotopic (exact) mass is 338 g/mol. The van der Waals surface area contributed by atoms with Crippen molar-refractivity contribution in [1.29, 1.82) is 0 Å². The molecule has 1 saturated heterocycles. The van der Waals surface area contributed by atoms with E-state index in [0.717, 1.165) is 0 Å². The summed E-state index contributed by atoms with van der Waals surface area (Å²) in [4.78, 5) is 32.6. The van der Waals surface area contributed by atoms with Crippen molar-refractivity contribution in [2.45, 2.75) is 46.2 Å². The van der Waals surface area contributed by atoms with Crippen LogP contribution in [0, 0.1) is 5.92 Å². The van der Waals surface area contributed by atoms with Gasteiger partial charge >= 0.3 is 0 Å². The highest BCUT2D eigenvalue weighted by atomic mass is 16.5. The van der Waals surface area contributed by atoms with Crippen LogP contribution in [0.5, 0.6) is 0 Å². The summed E-state index contributed by atoms with van der Waals surface area (Å²) in [7, 11) is 1.61. The van der Waals surface area contributed by atoms with Gasteiger partial charge in [0.1, 0.15) is 12.6 Å². The van der Waals surface area contributed by atoms with E-state index in [1.54, 1.807) is 16.9 Å². The van der Waals surface area contributed by atoms with Crippen molar-refractivity contribution in [1.82, 2.24) is 19.9 Å². The molecule has 1 fully saturated rings. The minimum atomic E-state index is -0.472. The van der Waals surface area contributed by atoms with Crippen LogP contribution < -0.4 is 0 Å². The maximum atomic E-state index is 12.6. The molecule has 1 aliphatic rings. The van der Waals surface area contributed by atoms with Gasteiger partial charge in [0.05, 0.1) is 13.2 Å². The van der Waals surface area contributed by atoms with Gasteiger partial charge in [-0.2, -0.15) is 4.98 Å². The predicted molar refractivity (Wildman–Crippen MR) is 85.9 cm³/mol. The van der Waals surface area contributed by atoms with E-state index >= 15 is 0 Å². The summed E-state index contributed by atoms with van der Waals surface area (Å²) in [5.41, 5.74) is 0. The van der Waals surface area contributed by atoms with Crippen LogP contribution in [0.15, 0.2) is 4.52 Å². The first kappa shape index (κ1) is 18.4. The van der Waals surface area contributed by atoms with Crippen LogP contribution in [0.25, 0.3) is 0 Å². The summed E-state index contributed by atoms with van der Waals surface area (Å²) >= 11 is 0. The second kappa shape index (κ2) is 8.23. The molecule has 0 saturated carbocycles. The molecule has 2 amide bonds. The van der Waals surface area contributed by atoms with Crippen LogP contribution in [-0.4, -0.2) is 64.6 Å². The third-order valence-corrected chi connectivity index (χ3v) is 4.04. The molecule has 8 heteroatoms. The van der Waals surface area contributed by atoms with Crippen molar-refractivity contribution in [3.05, 3.63) is 11.7 Å². The zero-order valence-electron chi connectivity index (χ0n) is 14.8. The van der Waals surface area contributed by atoms with E-state index in [2.05, 4.69) is 10.1 Å². The van der Waals surface area contributed by atoms with E-state index in [-0.39, 0.29) is 24.9 Å². The molecule has 24 heavy (non-hydrogen) atoms. The lowest BCUT2D eigenvalue weighted by Gasteiger charge is -2.40. The number of hydrogen-bond acceptors (Lipinski definition) is 6. The number of amides is 2. The highest BCUT2D eigenvalue weighted by molar-refractivity contribution is 5.94. The number of likely N-dealkylation sites (N-methyl/N-ethyl adjacent to an activating group) is 1. The fourth-order valence-corrected chi connectivity index (χ4v) is 2.79.